The molecule has 53 heavy (non-hydrogen) atoms. The Hall–Kier alpha value is -3.70. The van der Waals surface area contributed by atoms with E-state index < -0.39 is 23.7 Å². The van der Waals surface area contributed by atoms with Gasteiger partial charge in [0.2, 0.25) is 11.8 Å². The zero-order chi connectivity index (χ0) is 38.9. The molecule has 0 spiro atoms. The molecule has 2 N–H and O–H groups in total. The van der Waals surface area contributed by atoms with Crippen molar-refractivity contribution < 1.29 is 33.1 Å². The Morgan fingerprint density at radius 2 is 1.49 bits per heavy atom. The third-order valence-electron chi connectivity index (χ3n) is 10.4. The number of benzene rings is 2. The zero-order valence-corrected chi connectivity index (χ0v) is 32.6. The largest absolute Gasteiger partial charge is 0.393 e. The second kappa shape index (κ2) is 22.5. The number of carbonyl (C=O) groups is 4. The van der Waals surface area contributed by atoms with Crippen molar-refractivity contribution in [1.29, 1.82) is 0 Å². The monoisotopic (exact) mass is 740 g/mol. The van der Waals surface area contributed by atoms with E-state index in [4.69, 9.17) is 0 Å². The van der Waals surface area contributed by atoms with Crippen LogP contribution in [0.4, 0.5) is 8.78 Å². The Morgan fingerprint density at radius 1 is 0.868 bits per heavy atom. The molecular weight excluding hydrogens is 678 g/mol. The van der Waals surface area contributed by atoms with Crippen LogP contribution in [0, 0.1) is 30.4 Å². The standard InChI is InChI=1S/C42H62F2N4O5/c1-6-17-48(18-7-2)42(53)35-23-30(5)22-33(27-35)39(50)28-34(24-32-25-36(43)29-37(44)26-32)38(49)12-16-45-40(51)11-10-31-13-20-47(21-14-31)41(52)15-19-46(8-3)9-4/h22-23,25-27,29,31,34,38,49H,6-21,24,28H2,1-5H3,(H,45,51). The lowest BCUT2D eigenvalue weighted by Crippen LogP contribution is -2.40. The van der Waals surface area contributed by atoms with E-state index in [-0.39, 0.29) is 49.3 Å². The predicted octanol–water partition coefficient (Wildman–Crippen LogP) is 6.59. The van der Waals surface area contributed by atoms with Crippen LogP contribution in [-0.4, -0.2) is 102 Å². The highest BCUT2D eigenvalue weighted by Crippen LogP contribution is 2.25. The van der Waals surface area contributed by atoms with Gasteiger partial charge in [-0.15, -0.1) is 0 Å². The van der Waals surface area contributed by atoms with E-state index >= 15 is 0 Å². The Morgan fingerprint density at radius 3 is 2.09 bits per heavy atom. The van der Waals surface area contributed by atoms with Crippen LogP contribution in [0.3, 0.4) is 0 Å². The van der Waals surface area contributed by atoms with Crippen LogP contribution >= 0.6 is 0 Å². The number of aliphatic hydroxyl groups is 1. The first-order valence-corrected chi connectivity index (χ1v) is 19.7. The lowest BCUT2D eigenvalue weighted by atomic mass is 9.86. The summed E-state index contributed by atoms with van der Waals surface area (Å²) in [4.78, 5) is 58.4. The van der Waals surface area contributed by atoms with Crippen LogP contribution in [-0.2, 0) is 16.0 Å². The van der Waals surface area contributed by atoms with Crippen LogP contribution in [0.5, 0.6) is 0 Å². The van der Waals surface area contributed by atoms with E-state index in [2.05, 4.69) is 24.1 Å². The van der Waals surface area contributed by atoms with Gasteiger partial charge in [0.15, 0.2) is 5.78 Å². The molecule has 0 radical (unpaired) electrons. The number of Topliss-reactive ketones (excluding diaryl/α,β-unsaturated/α-hetero) is 1. The number of nitrogens with one attached hydrogen (secondary N) is 1. The first-order chi connectivity index (χ1) is 25.4. The summed E-state index contributed by atoms with van der Waals surface area (Å²) in [7, 11) is 0. The molecule has 9 nitrogen and oxygen atoms in total. The van der Waals surface area contributed by atoms with Gasteiger partial charge in [-0.05, 0) is 118 Å². The Bertz CT molecular complexity index is 1470. The highest BCUT2D eigenvalue weighted by atomic mass is 19.1. The molecule has 11 heteroatoms. The van der Waals surface area contributed by atoms with Crippen molar-refractivity contribution in [1.82, 2.24) is 20.0 Å². The number of piperidine rings is 1. The van der Waals surface area contributed by atoms with Crippen LogP contribution in [0.1, 0.15) is 117 Å². The van der Waals surface area contributed by atoms with Gasteiger partial charge >= 0.3 is 0 Å². The van der Waals surface area contributed by atoms with Gasteiger partial charge in [-0.3, -0.25) is 19.2 Å². The lowest BCUT2D eigenvalue weighted by molar-refractivity contribution is -0.133. The molecule has 1 heterocycles. The summed E-state index contributed by atoms with van der Waals surface area (Å²) >= 11 is 0. The van der Waals surface area contributed by atoms with Crippen molar-refractivity contribution in [2.24, 2.45) is 11.8 Å². The minimum absolute atomic E-state index is 0.0462. The molecule has 0 aromatic heterocycles. The van der Waals surface area contributed by atoms with Crippen molar-refractivity contribution >= 4 is 23.5 Å². The van der Waals surface area contributed by atoms with Crippen LogP contribution in [0.25, 0.3) is 0 Å². The number of rotatable bonds is 22. The first-order valence-electron chi connectivity index (χ1n) is 19.7. The van der Waals surface area contributed by atoms with Gasteiger partial charge in [0.05, 0.1) is 6.10 Å². The van der Waals surface area contributed by atoms with E-state index in [0.717, 1.165) is 56.9 Å². The fourth-order valence-electron chi connectivity index (χ4n) is 7.28. The normalized spacial score (nSPS) is 14.6. The van der Waals surface area contributed by atoms with Gasteiger partial charge in [-0.1, -0.05) is 27.7 Å². The number of aryl methyl sites for hydroxylation is 1. The predicted molar refractivity (Wildman–Crippen MR) is 205 cm³/mol. The average Bonchev–Trinajstić information content (AvgIpc) is 3.13. The molecule has 0 saturated carbocycles. The number of aliphatic hydroxyl groups excluding tert-OH is 1. The van der Waals surface area contributed by atoms with Gasteiger partial charge in [-0.2, -0.15) is 0 Å². The maximum atomic E-state index is 14.1. The molecule has 1 saturated heterocycles. The summed E-state index contributed by atoms with van der Waals surface area (Å²) < 4.78 is 28.2. The summed E-state index contributed by atoms with van der Waals surface area (Å²) in [6.45, 7) is 15.5. The molecule has 1 fully saturated rings. The van der Waals surface area contributed by atoms with Crippen molar-refractivity contribution in [2.75, 3.05) is 52.4 Å². The fourth-order valence-corrected chi connectivity index (χ4v) is 7.28. The fraction of sp³-hybridized carbons (Fsp3) is 0.619. The number of carbonyl (C=O) groups excluding carboxylic acids is 4. The van der Waals surface area contributed by atoms with Gasteiger partial charge in [-0.25, -0.2) is 8.78 Å². The Labute approximate surface area is 315 Å². The molecule has 0 aliphatic carbocycles. The number of likely N-dealkylation sites (tertiary alicyclic amines) is 1. The zero-order valence-electron chi connectivity index (χ0n) is 32.6. The van der Waals surface area contributed by atoms with Gasteiger partial charge in [0.1, 0.15) is 11.6 Å². The number of amides is 3. The third-order valence-corrected chi connectivity index (χ3v) is 10.4. The summed E-state index contributed by atoms with van der Waals surface area (Å²) in [5, 5.41) is 14.2. The quantitative estimate of drug-likeness (QED) is 0.132. The topological polar surface area (TPSA) is 110 Å². The molecule has 0 bridgehead atoms. The number of halogens is 2. The third kappa shape index (κ3) is 14.6. The molecule has 2 aromatic carbocycles. The highest BCUT2D eigenvalue weighted by Gasteiger charge is 2.26. The molecule has 3 amide bonds. The van der Waals surface area contributed by atoms with E-state index in [1.165, 1.54) is 12.1 Å². The van der Waals surface area contributed by atoms with E-state index in [1.807, 2.05) is 25.7 Å². The van der Waals surface area contributed by atoms with Gasteiger partial charge in [0.25, 0.3) is 5.91 Å². The summed E-state index contributed by atoms with van der Waals surface area (Å²) in [6.07, 6.45) is 3.96. The average molecular weight is 741 g/mol. The van der Waals surface area contributed by atoms with Crippen molar-refractivity contribution in [3.63, 3.8) is 0 Å². The van der Waals surface area contributed by atoms with E-state index in [9.17, 15) is 33.1 Å². The van der Waals surface area contributed by atoms with Crippen LogP contribution in [0.15, 0.2) is 36.4 Å². The minimum atomic E-state index is -1.05. The summed E-state index contributed by atoms with van der Waals surface area (Å²) in [5.41, 5.74) is 1.83. The minimum Gasteiger partial charge on any atom is -0.393 e. The van der Waals surface area contributed by atoms with Gasteiger partial charge in [0, 0.05) is 75.7 Å². The molecule has 1 aliphatic heterocycles. The number of hydrogen-bond acceptors (Lipinski definition) is 6. The SMILES string of the molecule is CCCN(CCC)C(=O)c1cc(C)cc(C(=O)CC(Cc2cc(F)cc(F)c2)C(O)CCNC(=O)CCC2CCN(C(=O)CCN(CC)CC)CC2)c1. The van der Waals surface area contributed by atoms with Crippen molar-refractivity contribution in [3.05, 3.63) is 70.3 Å². The van der Waals surface area contributed by atoms with E-state index in [0.29, 0.717) is 68.0 Å². The molecule has 294 valence electrons. The smallest absolute Gasteiger partial charge is 0.253 e. The highest BCUT2D eigenvalue weighted by molar-refractivity contribution is 6.01. The van der Waals surface area contributed by atoms with E-state index in [1.54, 1.807) is 23.1 Å². The first kappa shape index (κ1) is 43.7. The molecule has 2 aromatic rings. The van der Waals surface area contributed by atoms with Gasteiger partial charge < -0.3 is 25.1 Å². The number of ketones is 1. The van der Waals surface area contributed by atoms with Crippen molar-refractivity contribution in [3.8, 4) is 0 Å². The lowest BCUT2D eigenvalue weighted by Gasteiger charge is -2.32. The second-order valence-electron chi connectivity index (χ2n) is 14.6. The number of hydrogen-bond donors (Lipinski definition) is 2. The molecule has 1 aliphatic rings. The maximum Gasteiger partial charge on any atom is 0.253 e. The maximum absolute atomic E-state index is 14.1. The molecule has 2 unspecified atom stereocenters. The molecular formula is C42H62F2N4O5. The second-order valence-corrected chi connectivity index (χ2v) is 14.6. The molecule has 2 atom stereocenters. The number of nitrogens with zero attached hydrogens (tertiary/aromatic N) is 3. The van der Waals surface area contributed by atoms with Crippen LogP contribution in [0.2, 0.25) is 0 Å². The van der Waals surface area contributed by atoms with Crippen molar-refractivity contribution in [2.45, 2.75) is 105 Å². The summed E-state index contributed by atoms with van der Waals surface area (Å²) in [6, 6.07) is 8.24. The summed E-state index contributed by atoms with van der Waals surface area (Å²) in [5.74, 6) is -2.20. The Balaban J connectivity index is 1.57. The Kier molecular flexibility index (Phi) is 18.6. The molecule has 3 rings (SSSR count). The van der Waals surface area contributed by atoms with Crippen LogP contribution < -0.4 is 5.32 Å².